The Kier molecular flexibility index (Phi) is 6.49. The van der Waals surface area contributed by atoms with Crippen molar-refractivity contribution in [3.05, 3.63) is 36.0 Å². The lowest BCUT2D eigenvalue weighted by molar-refractivity contribution is -0.288. The van der Waals surface area contributed by atoms with Gasteiger partial charge in [0.1, 0.15) is 5.82 Å². The molecule has 0 unspecified atom stereocenters. The number of anilines is 2. The third kappa shape index (κ3) is 5.23. The first-order valence-electron chi connectivity index (χ1n) is 12.5. The Labute approximate surface area is 219 Å². The second kappa shape index (κ2) is 9.22. The van der Waals surface area contributed by atoms with Crippen molar-refractivity contribution in [2.45, 2.75) is 69.1 Å². The van der Waals surface area contributed by atoms with E-state index in [1.54, 1.807) is 13.8 Å². The van der Waals surface area contributed by atoms with E-state index in [0.29, 0.717) is 37.1 Å². The van der Waals surface area contributed by atoms with Gasteiger partial charge in [-0.25, -0.2) is 4.68 Å². The molecule has 0 spiro atoms. The van der Waals surface area contributed by atoms with E-state index in [4.69, 9.17) is 0 Å². The molecule has 2 aromatic heterocycles. The van der Waals surface area contributed by atoms with Gasteiger partial charge < -0.3 is 20.4 Å². The Morgan fingerprint density at radius 1 is 1.03 bits per heavy atom. The van der Waals surface area contributed by atoms with E-state index in [2.05, 4.69) is 20.4 Å². The standard InChI is InChI=1S/C25H28F6N6O2/c1-22(2,38)14-6-8-36(9-7-14)19-18-13-32-37(17-5-3-4-15(10-17)24(26,27)28)20(18)35-21(34-19)33-16-11-23(39,12-16)25(29,30)31/h3-5,10,13-14,16,38-39H,6-9,11-12H2,1-2H3,(H,33,34,35)/t16-,23-. The van der Waals surface area contributed by atoms with Crippen LogP contribution in [0.2, 0.25) is 0 Å². The normalized spacial score (nSPS) is 23.2. The second-order valence-corrected chi connectivity index (χ2v) is 10.9. The molecule has 0 atom stereocenters. The summed E-state index contributed by atoms with van der Waals surface area (Å²) in [4.78, 5) is 10.9. The Balaban J connectivity index is 1.51. The van der Waals surface area contributed by atoms with Crippen LogP contribution in [-0.4, -0.2) is 66.5 Å². The first-order valence-corrected chi connectivity index (χ1v) is 12.5. The highest BCUT2D eigenvalue weighted by atomic mass is 19.4. The highest BCUT2D eigenvalue weighted by molar-refractivity contribution is 5.89. The third-order valence-electron chi connectivity index (χ3n) is 7.65. The molecule has 1 aliphatic heterocycles. The van der Waals surface area contributed by atoms with Crippen LogP contribution in [0, 0.1) is 5.92 Å². The smallest absolute Gasteiger partial charge is 0.390 e. The monoisotopic (exact) mass is 558 g/mol. The molecule has 3 N–H and O–H groups in total. The van der Waals surface area contributed by atoms with Crippen molar-refractivity contribution in [3.63, 3.8) is 0 Å². The molecule has 1 aromatic carbocycles. The molecule has 1 saturated carbocycles. The molecule has 1 saturated heterocycles. The summed E-state index contributed by atoms with van der Waals surface area (Å²) in [5, 5.41) is 27.8. The minimum Gasteiger partial charge on any atom is -0.390 e. The summed E-state index contributed by atoms with van der Waals surface area (Å²) in [6.45, 7) is 4.54. The number of rotatable bonds is 5. The Hall–Kier alpha value is -3.13. The minimum absolute atomic E-state index is 0.0231. The zero-order valence-electron chi connectivity index (χ0n) is 21.2. The fourth-order valence-electron chi connectivity index (χ4n) is 5.27. The van der Waals surface area contributed by atoms with Crippen LogP contribution in [0.25, 0.3) is 16.7 Å². The van der Waals surface area contributed by atoms with Crippen molar-refractivity contribution in [2.24, 2.45) is 5.92 Å². The molecule has 14 heteroatoms. The molecule has 39 heavy (non-hydrogen) atoms. The maximum atomic E-state index is 13.4. The number of benzene rings is 1. The molecule has 2 aliphatic rings. The van der Waals surface area contributed by atoms with Gasteiger partial charge in [-0.2, -0.15) is 41.4 Å². The van der Waals surface area contributed by atoms with E-state index < -0.39 is 48.0 Å². The van der Waals surface area contributed by atoms with Crippen molar-refractivity contribution in [1.82, 2.24) is 19.7 Å². The number of halogens is 6. The Morgan fingerprint density at radius 2 is 1.69 bits per heavy atom. The topological polar surface area (TPSA) is 99.3 Å². The molecule has 212 valence electrons. The summed E-state index contributed by atoms with van der Waals surface area (Å²) in [7, 11) is 0. The van der Waals surface area contributed by atoms with E-state index in [0.717, 1.165) is 12.1 Å². The fourth-order valence-corrected chi connectivity index (χ4v) is 5.27. The number of hydrogen-bond acceptors (Lipinski definition) is 7. The predicted molar refractivity (Wildman–Crippen MR) is 131 cm³/mol. The fraction of sp³-hybridized carbons (Fsp3) is 0.560. The van der Waals surface area contributed by atoms with Crippen molar-refractivity contribution >= 4 is 22.8 Å². The van der Waals surface area contributed by atoms with Gasteiger partial charge in [0, 0.05) is 32.0 Å². The van der Waals surface area contributed by atoms with Gasteiger partial charge in [-0.15, -0.1) is 0 Å². The summed E-state index contributed by atoms with van der Waals surface area (Å²) >= 11 is 0. The quantitative estimate of drug-likeness (QED) is 0.391. The molecule has 0 bridgehead atoms. The van der Waals surface area contributed by atoms with Crippen molar-refractivity contribution < 1.29 is 36.6 Å². The molecule has 0 radical (unpaired) electrons. The first-order chi connectivity index (χ1) is 18.0. The van der Waals surface area contributed by atoms with E-state index in [9.17, 15) is 36.6 Å². The molecule has 3 aromatic rings. The van der Waals surface area contributed by atoms with Crippen LogP contribution in [0.15, 0.2) is 30.5 Å². The van der Waals surface area contributed by atoms with Gasteiger partial charge in [0.15, 0.2) is 11.2 Å². The summed E-state index contributed by atoms with van der Waals surface area (Å²) in [5.74, 6) is 0.455. The van der Waals surface area contributed by atoms with Crippen molar-refractivity contribution in [3.8, 4) is 5.69 Å². The van der Waals surface area contributed by atoms with Crippen LogP contribution in [0.4, 0.5) is 38.1 Å². The number of alkyl halides is 6. The average molecular weight is 559 g/mol. The number of aliphatic hydroxyl groups is 2. The number of piperidine rings is 1. The van der Waals surface area contributed by atoms with Gasteiger partial charge in [0.2, 0.25) is 5.95 Å². The van der Waals surface area contributed by atoms with E-state index in [1.165, 1.54) is 23.0 Å². The van der Waals surface area contributed by atoms with Crippen LogP contribution in [-0.2, 0) is 6.18 Å². The van der Waals surface area contributed by atoms with Crippen molar-refractivity contribution in [1.29, 1.82) is 0 Å². The molecular weight excluding hydrogens is 530 g/mol. The largest absolute Gasteiger partial charge is 0.417 e. The van der Waals surface area contributed by atoms with Crippen LogP contribution < -0.4 is 10.2 Å². The van der Waals surface area contributed by atoms with E-state index >= 15 is 0 Å². The molecule has 8 nitrogen and oxygen atoms in total. The summed E-state index contributed by atoms with van der Waals surface area (Å²) in [5.41, 5.74) is -4.25. The minimum atomic E-state index is -4.77. The molecule has 0 amide bonds. The lowest BCUT2D eigenvalue weighted by Gasteiger charge is -2.44. The number of nitrogens with one attached hydrogen (secondary N) is 1. The molecule has 5 rings (SSSR count). The summed E-state index contributed by atoms with van der Waals surface area (Å²) in [6.07, 6.45) is -7.76. The summed E-state index contributed by atoms with van der Waals surface area (Å²) < 4.78 is 80.7. The van der Waals surface area contributed by atoms with Crippen LogP contribution >= 0.6 is 0 Å². The number of fused-ring (bicyclic) bond motifs is 1. The van der Waals surface area contributed by atoms with Gasteiger partial charge >= 0.3 is 12.4 Å². The van der Waals surface area contributed by atoms with Gasteiger partial charge in [-0.05, 0) is 50.8 Å². The van der Waals surface area contributed by atoms with Gasteiger partial charge in [0.25, 0.3) is 0 Å². The maximum Gasteiger partial charge on any atom is 0.417 e. The van der Waals surface area contributed by atoms with E-state index in [1.807, 2.05) is 4.90 Å². The van der Waals surface area contributed by atoms with Gasteiger partial charge in [-0.1, -0.05) is 6.07 Å². The number of hydrogen-bond donors (Lipinski definition) is 3. The molecule has 3 heterocycles. The zero-order valence-corrected chi connectivity index (χ0v) is 21.2. The van der Waals surface area contributed by atoms with Crippen molar-refractivity contribution in [2.75, 3.05) is 23.3 Å². The van der Waals surface area contributed by atoms with E-state index in [-0.39, 0.29) is 23.2 Å². The lowest BCUT2D eigenvalue weighted by Crippen LogP contribution is -2.59. The SMILES string of the molecule is CC(C)(O)C1CCN(c2nc(N[C@H]3C[C@@](O)(C(F)(F)F)C3)nc3c2cnn3-c2cccc(C(F)(F)F)c2)CC1. The van der Waals surface area contributed by atoms with Crippen LogP contribution in [0.1, 0.15) is 45.1 Å². The second-order valence-electron chi connectivity index (χ2n) is 10.9. The number of nitrogens with zero attached hydrogens (tertiary/aromatic N) is 5. The highest BCUT2D eigenvalue weighted by Gasteiger charge is 2.61. The maximum absolute atomic E-state index is 13.4. The zero-order chi connectivity index (χ0) is 28.4. The van der Waals surface area contributed by atoms with Gasteiger partial charge in [0.05, 0.1) is 28.4 Å². The Bertz CT molecular complexity index is 1350. The van der Waals surface area contributed by atoms with Gasteiger partial charge in [-0.3, -0.25) is 0 Å². The Morgan fingerprint density at radius 3 is 2.28 bits per heavy atom. The lowest BCUT2D eigenvalue weighted by atomic mass is 9.75. The van der Waals surface area contributed by atoms with Crippen LogP contribution in [0.5, 0.6) is 0 Å². The first kappa shape index (κ1) is 27.4. The average Bonchev–Trinajstić information content (AvgIpc) is 3.25. The number of aromatic nitrogens is 4. The summed E-state index contributed by atoms with van der Waals surface area (Å²) in [6, 6.07) is 3.81. The molecule has 1 aliphatic carbocycles. The van der Waals surface area contributed by atoms with Crippen LogP contribution in [0.3, 0.4) is 0 Å². The molecular formula is C25H28F6N6O2. The predicted octanol–water partition coefficient (Wildman–Crippen LogP) is 4.69. The third-order valence-corrected chi connectivity index (χ3v) is 7.65. The highest BCUT2D eigenvalue weighted by Crippen LogP contribution is 2.46. The molecule has 2 fully saturated rings.